The number of halogens is 2. The first-order chi connectivity index (χ1) is 7.32. The molecular weight excluding hydrogens is 227 g/mol. The molecule has 0 aliphatic carbocycles. The fourth-order valence-corrected chi connectivity index (χ4v) is 2.13. The lowest BCUT2D eigenvalue weighted by atomic mass is 9.81. The topological polar surface area (TPSA) is 17.1 Å². The molecule has 0 spiro atoms. The van der Waals surface area contributed by atoms with Crippen LogP contribution in [-0.2, 0) is 11.2 Å². The summed E-state index contributed by atoms with van der Waals surface area (Å²) in [5.74, 6) is -0.256. The molecule has 1 rings (SSSR count). The van der Waals surface area contributed by atoms with Crippen molar-refractivity contribution in [2.24, 2.45) is 5.41 Å². The third-order valence-corrected chi connectivity index (χ3v) is 2.72. The Morgan fingerprint density at radius 2 is 2.06 bits per heavy atom. The van der Waals surface area contributed by atoms with Gasteiger partial charge in [-0.25, -0.2) is 4.39 Å². The van der Waals surface area contributed by atoms with Crippen LogP contribution in [0.4, 0.5) is 4.39 Å². The Hall–Kier alpha value is -0.890. The van der Waals surface area contributed by atoms with E-state index in [0.29, 0.717) is 18.4 Å². The van der Waals surface area contributed by atoms with Crippen molar-refractivity contribution in [2.75, 3.05) is 0 Å². The molecule has 0 bridgehead atoms. The maximum atomic E-state index is 13.7. The molecule has 0 atom stereocenters. The summed E-state index contributed by atoms with van der Waals surface area (Å²) in [7, 11) is 0. The molecule has 1 nitrogen and oxygen atoms in total. The quantitative estimate of drug-likeness (QED) is 0.779. The number of ketones is 1. The number of Topliss-reactive ketones (excluding diaryl/α,β-unsaturated/α-hetero) is 1. The Morgan fingerprint density at radius 1 is 1.44 bits per heavy atom. The molecule has 0 radical (unpaired) electrons. The Balaban J connectivity index is 2.87. The molecule has 16 heavy (non-hydrogen) atoms. The van der Waals surface area contributed by atoms with Crippen molar-refractivity contribution < 1.29 is 9.18 Å². The first kappa shape index (κ1) is 13.2. The van der Waals surface area contributed by atoms with Crippen molar-refractivity contribution in [3.8, 4) is 0 Å². The van der Waals surface area contributed by atoms with Gasteiger partial charge in [0.1, 0.15) is 11.6 Å². The smallest absolute Gasteiger partial charge is 0.144 e. The largest absolute Gasteiger partial charge is 0.300 e. The molecule has 0 aliphatic heterocycles. The van der Waals surface area contributed by atoms with Crippen LogP contribution in [0.5, 0.6) is 0 Å². The van der Waals surface area contributed by atoms with Crippen LogP contribution in [0.3, 0.4) is 0 Å². The van der Waals surface area contributed by atoms with Gasteiger partial charge >= 0.3 is 0 Å². The second-order valence-electron chi connectivity index (χ2n) is 4.93. The van der Waals surface area contributed by atoms with Crippen LogP contribution >= 0.6 is 11.6 Å². The Kier molecular flexibility index (Phi) is 4.09. The van der Waals surface area contributed by atoms with Crippen LogP contribution in [0, 0.1) is 11.2 Å². The summed E-state index contributed by atoms with van der Waals surface area (Å²) >= 11 is 5.71. The highest BCUT2D eigenvalue weighted by Crippen LogP contribution is 2.29. The predicted molar refractivity (Wildman–Crippen MR) is 64.2 cm³/mol. The molecule has 3 heteroatoms. The van der Waals surface area contributed by atoms with Crippen molar-refractivity contribution in [1.82, 2.24) is 0 Å². The normalized spacial score (nSPS) is 11.6. The molecule has 0 saturated carbocycles. The molecule has 0 fully saturated rings. The molecule has 1 aromatic carbocycles. The SMILES string of the molecule is CC(=O)CC(C)(C)Cc1cccc(Cl)c1F. The van der Waals surface area contributed by atoms with Crippen molar-refractivity contribution >= 4 is 17.4 Å². The standard InChI is InChI=1S/C13H16ClFO/c1-9(16)7-13(2,3)8-10-5-4-6-11(14)12(10)15/h4-6H,7-8H2,1-3H3. The van der Waals surface area contributed by atoms with E-state index in [4.69, 9.17) is 11.6 Å². The summed E-state index contributed by atoms with van der Waals surface area (Å²) in [6.45, 7) is 5.46. The maximum Gasteiger partial charge on any atom is 0.144 e. The minimum absolute atomic E-state index is 0.118. The minimum atomic E-state index is -0.374. The van der Waals surface area contributed by atoms with Gasteiger partial charge in [0.25, 0.3) is 0 Å². The lowest BCUT2D eigenvalue weighted by Crippen LogP contribution is -2.19. The number of rotatable bonds is 4. The third kappa shape index (κ3) is 3.60. The van der Waals surface area contributed by atoms with Gasteiger partial charge in [0, 0.05) is 6.42 Å². The van der Waals surface area contributed by atoms with Crippen LogP contribution in [0.2, 0.25) is 5.02 Å². The van der Waals surface area contributed by atoms with Crippen molar-refractivity contribution in [3.05, 3.63) is 34.6 Å². The van der Waals surface area contributed by atoms with Crippen LogP contribution in [-0.4, -0.2) is 5.78 Å². The molecule has 0 amide bonds. The summed E-state index contributed by atoms with van der Waals surface area (Å²) in [6, 6.07) is 4.96. The zero-order valence-electron chi connectivity index (χ0n) is 9.81. The second-order valence-corrected chi connectivity index (χ2v) is 5.34. The van der Waals surface area contributed by atoms with Gasteiger partial charge in [-0.2, -0.15) is 0 Å². The summed E-state index contributed by atoms with van der Waals surface area (Å²) in [5, 5.41) is 0.135. The monoisotopic (exact) mass is 242 g/mol. The molecule has 0 aromatic heterocycles. The van der Waals surface area contributed by atoms with Gasteiger partial charge in [-0.15, -0.1) is 0 Å². The van der Waals surface area contributed by atoms with Crippen molar-refractivity contribution in [2.45, 2.75) is 33.6 Å². The van der Waals surface area contributed by atoms with Gasteiger partial charge in [-0.3, -0.25) is 0 Å². The maximum absolute atomic E-state index is 13.7. The summed E-state index contributed by atoms with van der Waals surface area (Å²) in [4.78, 5) is 11.1. The Labute approximate surface area is 101 Å². The molecule has 0 heterocycles. The van der Waals surface area contributed by atoms with Gasteiger partial charge in [0.2, 0.25) is 0 Å². The number of hydrogen-bond acceptors (Lipinski definition) is 1. The highest BCUT2D eigenvalue weighted by Gasteiger charge is 2.22. The first-order valence-corrected chi connectivity index (χ1v) is 5.62. The van der Waals surface area contributed by atoms with Crippen molar-refractivity contribution in [1.29, 1.82) is 0 Å². The Morgan fingerprint density at radius 3 is 2.62 bits per heavy atom. The lowest BCUT2D eigenvalue weighted by Gasteiger charge is -2.23. The summed E-state index contributed by atoms with van der Waals surface area (Å²) in [6.07, 6.45) is 0.956. The molecule has 88 valence electrons. The zero-order chi connectivity index (χ0) is 12.3. The molecule has 0 N–H and O–H groups in total. The molecular formula is C13H16ClFO. The van der Waals surface area contributed by atoms with E-state index >= 15 is 0 Å². The third-order valence-electron chi connectivity index (χ3n) is 2.43. The van der Waals surface area contributed by atoms with E-state index in [2.05, 4.69) is 0 Å². The van der Waals surface area contributed by atoms with Crippen LogP contribution in [0.1, 0.15) is 32.8 Å². The fraction of sp³-hybridized carbons (Fsp3) is 0.462. The highest BCUT2D eigenvalue weighted by atomic mass is 35.5. The van der Waals surface area contributed by atoms with Gasteiger partial charge in [0.05, 0.1) is 5.02 Å². The fourth-order valence-electron chi connectivity index (χ4n) is 1.94. The number of carbonyl (C=O) groups excluding carboxylic acids is 1. The van der Waals surface area contributed by atoms with E-state index in [9.17, 15) is 9.18 Å². The van der Waals surface area contributed by atoms with E-state index in [-0.39, 0.29) is 22.0 Å². The van der Waals surface area contributed by atoms with E-state index in [0.717, 1.165) is 0 Å². The predicted octanol–water partition coefficient (Wildman–Crippen LogP) is 4.03. The molecule has 0 saturated heterocycles. The van der Waals surface area contributed by atoms with E-state index in [1.165, 1.54) is 6.07 Å². The summed E-state index contributed by atoms with van der Waals surface area (Å²) in [5.41, 5.74) is 0.330. The zero-order valence-corrected chi connectivity index (χ0v) is 10.6. The minimum Gasteiger partial charge on any atom is -0.300 e. The molecule has 0 aliphatic rings. The highest BCUT2D eigenvalue weighted by molar-refractivity contribution is 6.30. The van der Waals surface area contributed by atoms with Crippen molar-refractivity contribution in [3.63, 3.8) is 0 Å². The van der Waals surface area contributed by atoms with Crippen LogP contribution < -0.4 is 0 Å². The second kappa shape index (κ2) is 4.96. The average Bonchev–Trinajstić information content (AvgIpc) is 2.10. The van der Waals surface area contributed by atoms with E-state index in [1.807, 2.05) is 13.8 Å². The molecule has 1 aromatic rings. The van der Waals surface area contributed by atoms with E-state index < -0.39 is 0 Å². The van der Waals surface area contributed by atoms with E-state index in [1.54, 1.807) is 19.1 Å². The van der Waals surface area contributed by atoms with Gasteiger partial charge < -0.3 is 4.79 Å². The first-order valence-electron chi connectivity index (χ1n) is 5.24. The van der Waals surface area contributed by atoms with Gasteiger partial charge in [-0.1, -0.05) is 37.6 Å². The lowest BCUT2D eigenvalue weighted by molar-refractivity contribution is -0.118. The average molecular weight is 243 g/mol. The molecule has 0 unspecified atom stereocenters. The Bertz CT molecular complexity index is 399. The van der Waals surface area contributed by atoms with Gasteiger partial charge in [0.15, 0.2) is 0 Å². The summed E-state index contributed by atoms with van der Waals surface area (Å²) < 4.78 is 13.7. The number of benzene rings is 1. The van der Waals surface area contributed by atoms with Crippen LogP contribution in [0.25, 0.3) is 0 Å². The number of carbonyl (C=O) groups is 1. The van der Waals surface area contributed by atoms with Gasteiger partial charge in [-0.05, 0) is 30.4 Å². The van der Waals surface area contributed by atoms with Crippen LogP contribution in [0.15, 0.2) is 18.2 Å². The number of hydrogen-bond donors (Lipinski definition) is 0.